The topological polar surface area (TPSA) is 91.7 Å². The van der Waals surface area contributed by atoms with Gasteiger partial charge in [-0.3, -0.25) is 9.59 Å². The van der Waals surface area contributed by atoms with Gasteiger partial charge in [0, 0.05) is 13.1 Å². The van der Waals surface area contributed by atoms with E-state index in [1.807, 2.05) is 0 Å². The third-order valence-corrected chi connectivity index (χ3v) is 7.73. The number of aliphatic carboxylic acids is 1. The van der Waals surface area contributed by atoms with E-state index >= 15 is 0 Å². The van der Waals surface area contributed by atoms with E-state index in [2.05, 4.69) is 0 Å². The summed E-state index contributed by atoms with van der Waals surface area (Å²) in [5.41, 5.74) is 0. The summed E-state index contributed by atoms with van der Waals surface area (Å²) in [6.07, 6.45) is 2.45. The summed E-state index contributed by atoms with van der Waals surface area (Å²) >= 11 is 0. The van der Waals surface area contributed by atoms with Gasteiger partial charge >= 0.3 is 5.97 Å². The highest BCUT2D eigenvalue weighted by molar-refractivity contribution is 7.93. The average molecular weight is 351 g/mol. The molecule has 1 aromatic rings. The van der Waals surface area contributed by atoms with Crippen molar-refractivity contribution in [2.24, 2.45) is 5.92 Å². The van der Waals surface area contributed by atoms with Crippen molar-refractivity contribution in [2.45, 2.75) is 41.7 Å². The van der Waals surface area contributed by atoms with Crippen LogP contribution in [0.15, 0.2) is 35.2 Å². The minimum atomic E-state index is -4.17. The highest BCUT2D eigenvalue weighted by atomic mass is 32.2. The summed E-state index contributed by atoms with van der Waals surface area (Å²) in [6, 6.07) is 7.60. The minimum Gasteiger partial charge on any atom is -0.480 e. The molecule has 7 heteroatoms. The van der Waals surface area contributed by atoms with Crippen molar-refractivity contribution < 1.29 is 23.1 Å². The van der Waals surface area contributed by atoms with Gasteiger partial charge in [-0.05, 0) is 37.8 Å². The van der Waals surface area contributed by atoms with Crippen molar-refractivity contribution in [3.8, 4) is 0 Å². The highest BCUT2D eigenvalue weighted by Gasteiger charge is 2.62. The fourth-order valence-corrected chi connectivity index (χ4v) is 6.13. The summed E-state index contributed by atoms with van der Waals surface area (Å²) in [7, 11) is -4.17. The lowest BCUT2D eigenvalue weighted by Gasteiger charge is -2.32. The average Bonchev–Trinajstić information content (AvgIpc) is 3.25. The monoisotopic (exact) mass is 351 g/mol. The molecule has 130 valence electrons. The second-order valence-electron chi connectivity index (χ2n) is 6.49. The summed E-state index contributed by atoms with van der Waals surface area (Å²) in [5.74, 6) is -2.76. The first-order valence-electron chi connectivity index (χ1n) is 8.23. The molecule has 1 saturated carbocycles. The molecule has 2 aliphatic rings. The van der Waals surface area contributed by atoms with E-state index in [-0.39, 0.29) is 17.2 Å². The van der Waals surface area contributed by atoms with Crippen molar-refractivity contribution >= 4 is 21.7 Å². The van der Waals surface area contributed by atoms with Crippen LogP contribution in [0.4, 0.5) is 0 Å². The van der Waals surface area contributed by atoms with E-state index < -0.39 is 26.5 Å². The van der Waals surface area contributed by atoms with Crippen LogP contribution >= 0.6 is 0 Å². The molecule has 0 bridgehead atoms. The molecule has 0 unspecified atom stereocenters. The number of hydrogen-bond acceptors (Lipinski definition) is 4. The fraction of sp³-hybridized carbons (Fsp3) is 0.529. The molecule has 2 fully saturated rings. The predicted octanol–water partition coefficient (Wildman–Crippen LogP) is 1.71. The van der Waals surface area contributed by atoms with Crippen molar-refractivity contribution in [3.05, 3.63) is 30.3 Å². The summed E-state index contributed by atoms with van der Waals surface area (Å²) in [4.78, 5) is 26.6. The molecule has 3 rings (SSSR count). The molecule has 24 heavy (non-hydrogen) atoms. The Morgan fingerprint density at radius 3 is 2.29 bits per heavy atom. The van der Waals surface area contributed by atoms with Crippen LogP contribution in [-0.2, 0) is 19.4 Å². The van der Waals surface area contributed by atoms with Crippen molar-refractivity contribution in [1.82, 2.24) is 4.90 Å². The van der Waals surface area contributed by atoms with Crippen LogP contribution in [-0.4, -0.2) is 48.1 Å². The number of nitrogens with zero attached hydrogens (tertiary/aromatic N) is 1. The quantitative estimate of drug-likeness (QED) is 0.891. The standard InChI is InChI=1S/C17H21NO5S/c19-15(18-11-4-5-12-18)14-9-6-10-17(14,16(20)21)24(22,23)13-7-2-1-3-8-13/h1-3,7-8,14H,4-6,9-12H2,(H,20,21)/t14-,17-/m1/s1. The van der Waals surface area contributed by atoms with Gasteiger partial charge < -0.3 is 10.0 Å². The first kappa shape index (κ1) is 17.0. The van der Waals surface area contributed by atoms with Gasteiger partial charge in [0.2, 0.25) is 5.91 Å². The molecule has 0 spiro atoms. The molecular weight excluding hydrogens is 330 g/mol. The van der Waals surface area contributed by atoms with Gasteiger partial charge in [0.1, 0.15) is 0 Å². The number of likely N-dealkylation sites (tertiary alicyclic amines) is 1. The Bertz CT molecular complexity index is 740. The molecule has 2 atom stereocenters. The van der Waals surface area contributed by atoms with Gasteiger partial charge in [0.25, 0.3) is 0 Å². The molecule has 1 amide bonds. The number of carboxylic acids is 1. The second-order valence-corrected chi connectivity index (χ2v) is 8.70. The Balaban J connectivity index is 2.07. The number of sulfone groups is 1. The molecule has 6 nitrogen and oxygen atoms in total. The van der Waals surface area contributed by atoms with Crippen LogP contribution < -0.4 is 0 Å². The maximum Gasteiger partial charge on any atom is 0.326 e. The van der Waals surface area contributed by atoms with E-state index in [9.17, 15) is 23.1 Å². The van der Waals surface area contributed by atoms with E-state index in [0.29, 0.717) is 25.9 Å². The van der Waals surface area contributed by atoms with Gasteiger partial charge in [-0.2, -0.15) is 0 Å². The number of benzene rings is 1. The van der Waals surface area contributed by atoms with Crippen molar-refractivity contribution in [3.63, 3.8) is 0 Å². The van der Waals surface area contributed by atoms with Gasteiger partial charge in [-0.1, -0.05) is 24.6 Å². The van der Waals surface area contributed by atoms with Crippen LogP contribution in [0.5, 0.6) is 0 Å². The lowest BCUT2D eigenvalue weighted by Crippen LogP contribution is -2.54. The first-order chi connectivity index (χ1) is 11.4. The van der Waals surface area contributed by atoms with E-state index in [0.717, 1.165) is 12.8 Å². The lowest BCUT2D eigenvalue weighted by atomic mass is 9.93. The molecule has 1 aliphatic carbocycles. The Kier molecular flexibility index (Phi) is 4.38. The Morgan fingerprint density at radius 1 is 1.08 bits per heavy atom. The minimum absolute atomic E-state index is 0.0240. The number of amides is 1. The van der Waals surface area contributed by atoms with E-state index in [1.54, 1.807) is 23.1 Å². The third-order valence-electron chi connectivity index (χ3n) is 5.21. The van der Waals surface area contributed by atoms with Crippen molar-refractivity contribution in [1.29, 1.82) is 0 Å². The first-order valence-corrected chi connectivity index (χ1v) is 9.71. The van der Waals surface area contributed by atoms with Gasteiger partial charge in [-0.25, -0.2) is 8.42 Å². The van der Waals surface area contributed by atoms with Crippen LogP contribution in [0.25, 0.3) is 0 Å². The van der Waals surface area contributed by atoms with Gasteiger partial charge in [-0.15, -0.1) is 0 Å². The Hall–Kier alpha value is -1.89. The van der Waals surface area contributed by atoms with Crippen molar-refractivity contribution in [2.75, 3.05) is 13.1 Å². The number of carboxylic acid groups (broad SMARTS) is 1. The number of hydrogen-bond donors (Lipinski definition) is 1. The van der Waals surface area contributed by atoms with Gasteiger partial charge in [0.15, 0.2) is 14.6 Å². The fourth-order valence-electron chi connectivity index (χ4n) is 3.96. The maximum atomic E-state index is 13.2. The molecular formula is C17H21NO5S. The summed E-state index contributed by atoms with van der Waals surface area (Å²) in [6.45, 7) is 1.16. The Morgan fingerprint density at radius 2 is 1.71 bits per heavy atom. The van der Waals surface area contributed by atoms with Crippen LogP contribution in [0.1, 0.15) is 32.1 Å². The SMILES string of the molecule is O=C([C@H]1CCC[C@@]1(C(=O)O)S(=O)(=O)c1ccccc1)N1CCCC1. The van der Waals surface area contributed by atoms with E-state index in [1.165, 1.54) is 12.1 Å². The molecule has 1 saturated heterocycles. The molecule has 0 radical (unpaired) electrons. The maximum absolute atomic E-state index is 13.2. The predicted molar refractivity (Wildman–Crippen MR) is 87.1 cm³/mol. The molecule has 1 aromatic carbocycles. The smallest absolute Gasteiger partial charge is 0.326 e. The zero-order valence-corrected chi connectivity index (χ0v) is 14.2. The summed E-state index contributed by atoms with van der Waals surface area (Å²) < 4.78 is 24.3. The molecule has 0 aromatic heterocycles. The lowest BCUT2D eigenvalue weighted by molar-refractivity contribution is -0.146. The van der Waals surface area contributed by atoms with Crippen LogP contribution in [0, 0.1) is 5.92 Å². The highest BCUT2D eigenvalue weighted by Crippen LogP contribution is 2.46. The zero-order chi connectivity index (χ0) is 17.4. The largest absolute Gasteiger partial charge is 0.480 e. The van der Waals surface area contributed by atoms with Crippen LogP contribution in [0.2, 0.25) is 0 Å². The summed E-state index contributed by atoms with van der Waals surface area (Å²) in [5, 5.41) is 9.87. The Labute approximate surface area is 141 Å². The van der Waals surface area contributed by atoms with Gasteiger partial charge in [0.05, 0.1) is 10.8 Å². The normalized spacial score (nSPS) is 27.3. The number of rotatable bonds is 4. The number of carbonyl (C=O) groups excluding carboxylic acids is 1. The third kappa shape index (κ3) is 2.42. The van der Waals surface area contributed by atoms with Crippen LogP contribution in [0.3, 0.4) is 0 Å². The molecule has 1 aliphatic heterocycles. The molecule has 1 heterocycles. The second kappa shape index (κ2) is 6.20. The van der Waals surface area contributed by atoms with E-state index in [4.69, 9.17) is 0 Å². The molecule has 1 N–H and O–H groups in total. The zero-order valence-electron chi connectivity index (χ0n) is 13.3. The number of carbonyl (C=O) groups is 2.